The maximum Gasteiger partial charge on any atom is 0.363 e. The number of halogens is 1. The Balaban J connectivity index is 1.95. The van der Waals surface area contributed by atoms with Crippen LogP contribution < -0.4 is 9.47 Å². The molecule has 0 aromatic heterocycles. The lowest BCUT2D eigenvalue weighted by molar-refractivity contribution is -0.129. The van der Waals surface area contributed by atoms with E-state index >= 15 is 0 Å². The number of esters is 1. The Bertz CT molecular complexity index is 841. The van der Waals surface area contributed by atoms with Gasteiger partial charge in [0.2, 0.25) is 5.90 Å². The number of carbonyl (C=O) groups excluding carboxylic acids is 1. The molecule has 0 bridgehead atoms. The maximum absolute atomic E-state index is 13.0. The summed E-state index contributed by atoms with van der Waals surface area (Å²) in [6.07, 6.45) is 1.57. The Kier molecular flexibility index (Phi) is 4.29. The fraction of sp³-hybridized carbons (Fsp3) is 0.111. The smallest absolute Gasteiger partial charge is 0.363 e. The third-order valence-electron chi connectivity index (χ3n) is 3.44. The summed E-state index contributed by atoms with van der Waals surface area (Å²) in [6, 6.07) is 10.8. The summed E-state index contributed by atoms with van der Waals surface area (Å²) in [5.41, 5.74) is 1.32. The molecule has 2 aromatic rings. The number of methoxy groups -OCH3 is 2. The van der Waals surface area contributed by atoms with Crippen molar-refractivity contribution in [3.63, 3.8) is 0 Å². The minimum atomic E-state index is -0.577. The second-order valence-electron chi connectivity index (χ2n) is 4.95. The fourth-order valence-electron chi connectivity index (χ4n) is 2.21. The zero-order valence-corrected chi connectivity index (χ0v) is 13.1. The average molecular weight is 327 g/mol. The molecule has 0 saturated heterocycles. The van der Waals surface area contributed by atoms with E-state index in [0.717, 1.165) is 0 Å². The van der Waals surface area contributed by atoms with E-state index in [1.165, 1.54) is 31.4 Å². The van der Waals surface area contributed by atoms with E-state index in [1.807, 2.05) is 0 Å². The Morgan fingerprint density at radius 2 is 1.83 bits per heavy atom. The van der Waals surface area contributed by atoms with Crippen molar-refractivity contribution in [2.75, 3.05) is 14.2 Å². The van der Waals surface area contributed by atoms with Crippen molar-refractivity contribution in [2.45, 2.75) is 0 Å². The molecule has 2 aromatic carbocycles. The highest BCUT2D eigenvalue weighted by atomic mass is 19.1. The number of carbonyl (C=O) groups is 1. The van der Waals surface area contributed by atoms with Gasteiger partial charge in [0, 0.05) is 17.2 Å². The van der Waals surface area contributed by atoms with Crippen LogP contribution in [-0.2, 0) is 9.53 Å². The van der Waals surface area contributed by atoms with Crippen LogP contribution in [0.15, 0.2) is 53.2 Å². The monoisotopic (exact) mass is 327 g/mol. The molecular weight excluding hydrogens is 313 g/mol. The predicted octanol–water partition coefficient (Wildman–Crippen LogP) is 3.19. The van der Waals surface area contributed by atoms with Crippen molar-refractivity contribution in [1.82, 2.24) is 0 Å². The molecule has 0 amide bonds. The van der Waals surface area contributed by atoms with Crippen molar-refractivity contribution in [1.29, 1.82) is 0 Å². The van der Waals surface area contributed by atoms with Crippen LogP contribution in [0, 0.1) is 5.82 Å². The second kappa shape index (κ2) is 6.54. The molecule has 0 fully saturated rings. The first-order valence-electron chi connectivity index (χ1n) is 7.11. The highest BCUT2D eigenvalue weighted by Gasteiger charge is 2.24. The molecule has 0 aliphatic carbocycles. The number of aliphatic imine (C=N–C) groups is 1. The molecule has 24 heavy (non-hydrogen) atoms. The molecule has 0 N–H and O–H groups in total. The first-order valence-corrected chi connectivity index (χ1v) is 7.11. The third kappa shape index (κ3) is 3.12. The Labute approximate surface area is 138 Å². The first-order chi connectivity index (χ1) is 11.6. The summed E-state index contributed by atoms with van der Waals surface area (Å²) in [5, 5.41) is 0. The van der Waals surface area contributed by atoms with E-state index in [-0.39, 0.29) is 17.4 Å². The Hall–Kier alpha value is -3.15. The molecule has 0 saturated carbocycles. The van der Waals surface area contributed by atoms with E-state index in [4.69, 9.17) is 14.2 Å². The molecule has 0 unspecified atom stereocenters. The van der Waals surface area contributed by atoms with Crippen molar-refractivity contribution in [3.8, 4) is 11.5 Å². The van der Waals surface area contributed by atoms with E-state index in [9.17, 15) is 9.18 Å². The molecule has 6 heteroatoms. The van der Waals surface area contributed by atoms with Crippen molar-refractivity contribution >= 4 is 17.9 Å². The summed E-state index contributed by atoms with van der Waals surface area (Å²) >= 11 is 0. The predicted molar refractivity (Wildman–Crippen MR) is 86.6 cm³/mol. The van der Waals surface area contributed by atoms with Gasteiger partial charge in [-0.25, -0.2) is 14.2 Å². The highest BCUT2D eigenvalue weighted by Crippen LogP contribution is 2.28. The van der Waals surface area contributed by atoms with Gasteiger partial charge in [0.1, 0.15) is 17.3 Å². The van der Waals surface area contributed by atoms with Crippen LogP contribution in [0.3, 0.4) is 0 Å². The number of cyclic esters (lactones) is 1. The van der Waals surface area contributed by atoms with Gasteiger partial charge < -0.3 is 14.2 Å². The zero-order valence-electron chi connectivity index (χ0n) is 13.1. The van der Waals surface area contributed by atoms with Gasteiger partial charge in [-0.15, -0.1) is 0 Å². The minimum Gasteiger partial charge on any atom is -0.497 e. The summed E-state index contributed by atoms with van der Waals surface area (Å²) in [7, 11) is 3.08. The molecule has 0 radical (unpaired) electrons. The summed E-state index contributed by atoms with van der Waals surface area (Å²) in [4.78, 5) is 16.2. The van der Waals surface area contributed by atoms with Crippen molar-refractivity contribution in [2.24, 2.45) is 4.99 Å². The quantitative estimate of drug-likeness (QED) is 0.639. The maximum atomic E-state index is 13.0. The van der Waals surface area contributed by atoms with Crippen molar-refractivity contribution in [3.05, 3.63) is 65.1 Å². The van der Waals surface area contributed by atoms with Crippen LogP contribution in [0.25, 0.3) is 6.08 Å². The van der Waals surface area contributed by atoms with Crippen molar-refractivity contribution < 1.29 is 23.4 Å². The number of hydrogen-bond donors (Lipinski definition) is 0. The number of hydrogen-bond acceptors (Lipinski definition) is 5. The lowest BCUT2D eigenvalue weighted by atomic mass is 10.1. The first kappa shape index (κ1) is 15.7. The SMILES string of the molecule is COc1ccc(C=C2N=C(c3ccc(F)cc3)OC2=O)c(OC)c1. The van der Waals surface area contributed by atoms with Gasteiger partial charge in [-0.1, -0.05) is 0 Å². The summed E-state index contributed by atoms with van der Waals surface area (Å²) < 4.78 is 28.5. The van der Waals surface area contributed by atoms with Crippen LogP contribution in [0.1, 0.15) is 11.1 Å². The summed E-state index contributed by atoms with van der Waals surface area (Å²) in [6.45, 7) is 0. The van der Waals surface area contributed by atoms with Gasteiger partial charge in [0.25, 0.3) is 0 Å². The largest absolute Gasteiger partial charge is 0.497 e. The number of ether oxygens (including phenoxy) is 3. The van der Waals surface area contributed by atoms with Gasteiger partial charge in [-0.05, 0) is 42.5 Å². The third-order valence-corrected chi connectivity index (χ3v) is 3.44. The Morgan fingerprint density at radius 1 is 1.08 bits per heavy atom. The number of rotatable bonds is 4. The molecule has 1 aliphatic heterocycles. The lowest BCUT2D eigenvalue weighted by Crippen LogP contribution is -2.05. The number of nitrogens with zero attached hydrogens (tertiary/aromatic N) is 1. The lowest BCUT2D eigenvalue weighted by Gasteiger charge is -2.07. The van der Waals surface area contributed by atoms with E-state index in [2.05, 4.69) is 4.99 Å². The second-order valence-corrected chi connectivity index (χ2v) is 4.95. The van der Waals surface area contributed by atoms with Gasteiger partial charge in [0.05, 0.1) is 14.2 Å². The molecule has 1 heterocycles. The molecular formula is C18H14FNO4. The standard InChI is InChI=1S/C18H14FNO4/c1-22-14-8-5-12(16(10-14)23-2)9-15-18(21)24-17(20-15)11-3-6-13(19)7-4-11/h3-10H,1-2H3. The van der Waals surface area contributed by atoms with Gasteiger partial charge >= 0.3 is 5.97 Å². The van der Waals surface area contributed by atoms with Crippen LogP contribution >= 0.6 is 0 Å². The van der Waals surface area contributed by atoms with Crippen LogP contribution in [0.5, 0.6) is 11.5 Å². The molecule has 1 aliphatic rings. The molecule has 0 spiro atoms. The molecule has 0 atom stereocenters. The fourth-order valence-corrected chi connectivity index (χ4v) is 2.21. The zero-order chi connectivity index (χ0) is 17.1. The van der Waals surface area contributed by atoms with Gasteiger partial charge in [0.15, 0.2) is 5.70 Å². The van der Waals surface area contributed by atoms with E-state index < -0.39 is 5.97 Å². The Morgan fingerprint density at radius 3 is 2.50 bits per heavy atom. The highest BCUT2D eigenvalue weighted by molar-refractivity contribution is 6.12. The molecule has 122 valence electrons. The van der Waals surface area contributed by atoms with Crippen LogP contribution in [0.4, 0.5) is 4.39 Å². The van der Waals surface area contributed by atoms with E-state index in [1.54, 1.807) is 31.4 Å². The minimum absolute atomic E-state index is 0.137. The molecule has 3 rings (SSSR count). The normalized spacial score (nSPS) is 15.2. The summed E-state index contributed by atoms with van der Waals surface area (Å²) in [5.74, 6) is 0.368. The average Bonchev–Trinajstić information content (AvgIpc) is 2.96. The number of benzene rings is 2. The molecule has 5 nitrogen and oxygen atoms in total. The van der Waals surface area contributed by atoms with Gasteiger partial charge in [-0.2, -0.15) is 0 Å². The van der Waals surface area contributed by atoms with E-state index in [0.29, 0.717) is 22.6 Å². The van der Waals surface area contributed by atoms with Crippen LogP contribution in [-0.4, -0.2) is 26.1 Å². The topological polar surface area (TPSA) is 57.1 Å². The van der Waals surface area contributed by atoms with Gasteiger partial charge in [-0.3, -0.25) is 0 Å². The van der Waals surface area contributed by atoms with Crippen LogP contribution in [0.2, 0.25) is 0 Å².